The Balaban J connectivity index is 1.29. The summed E-state index contributed by atoms with van der Waals surface area (Å²) >= 11 is 6.13. The number of nitrogens with one attached hydrogen (secondary N) is 1. The zero-order valence-corrected chi connectivity index (χ0v) is 23.2. The molecular weight excluding hydrogens is 510 g/mol. The first-order valence-electron chi connectivity index (χ1n) is 13.8. The number of hydrogen-bond donors (Lipinski definition) is 1. The topological polar surface area (TPSA) is 68.8 Å². The summed E-state index contributed by atoms with van der Waals surface area (Å²) in [4.78, 5) is 37.6. The van der Waals surface area contributed by atoms with Crippen LogP contribution in [0.25, 0.3) is 11.1 Å². The molecule has 2 aromatic carbocycles. The molecule has 2 amide bonds. The van der Waals surface area contributed by atoms with Crippen molar-refractivity contribution >= 4 is 34.9 Å². The highest BCUT2D eigenvalue weighted by atomic mass is 35.5. The molecule has 7 nitrogen and oxygen atoms in total. The van der Waals surface area contributed by atoms with E-state index in [2.05, 4.69) is 22.2 Å². The number of aromatic nitrogens is 1. The first-order chi connectivity index (χ1) is 19.0. The van der Waals surface area contributed by atoms with Gasteiger partial charge in [0.15, 0.2) is 5.82 Å². The van der Waals surface area contributed by atoms with Crippen LogP contribution in [0.2, 0.25) is 5.02 Å². The number of likely N-dealkylation sites (N-methyl/N-ethyl adjacent to an activating group) is 1. The lowest BCUT2D eigenvalue weighted by Gasteiger charge is -2.34. The third-order valence-electron chi connectivity index (χ3n) is 7.76. The lowest BCUT2D eigenvalue weighted by molar-refractivity contribution is -0.132. The van der Waals surface area contributed by atoms with Crippen molar-refractivity contribution in [2.75, 3.05) is 56.5 Å². The van der Waals surface area contributed by atoms with Gasteiger partial charge in [0.05, 0.1) is 5.69 Å². The zero-order valence-electron chi connectivity index (χ0n) is 22.5. The highest BCUT2D eigenvalue weighted by Crippen LogP contribution is 2.33. The van der Waals surface area contributed by atoms with Crippen molar-refractivity contribution in [3.8, 4) is 11.1 Å². The summed E-state index contributed by atoms with van der Waals surface area (Å²) in [6.07, 6.45) is 5.35. The Hall–Kier alpha value is -3.42. The highest BCUT2D eigenvalue weighted by molar-refractivity contribution is 6.31. The monoisotopic (exact) mass is 545 g/mol. The van der Waals surface area contributed by atoms with Crippen molar-refractivity contribution in [1.29, 1.82) is 0 Å². The smallest absolute Gasteiger partial charge is 0.255 e. The number of benzene rings is 2. The number of nitrogens with zero attached hydrogens (tertiary/aromatic N) is 4. The molecule has 204 valence electrons. The molecule has 39 heavy (non-hydrogen) atoms. The van der Waals surface area contributed by atoms with Gasteiger partial charge in [-0.15, -0.1) is 0 Å². The van der Waals surface area contributed by atoms with E-state index in [1.54, 1.807) is 24.3 Å². The number of anilines is 2. The maximum atomic E-state index is 13.2. The fourth-order valence-corrected chi connectivity index (χ4v) is 5.63. The quantitative estimate of drug-likeness (QED) is 0.447. The molecule has 0 unspecified atom stereocenters. The second-order valence-corrected chi connectivity index (χ2v) is 11.0. The summed E-state index contributed by atoms with van der Waals surface area (Å²) in [5, 5.41) is 3.61. The molecule has 2 fully saturated rings. The van der Waals surface area contributed by atoms with Gasteiger partial charge in [0, 0.05) is 61.5 Å². The molecule has 2 aliphatic rings. The molecule has 5 rings (SSSR count). The van der Waals surface area contributed by atoms with E-state index in [1.807, 2.05) is 47.5 Å². The van der Waals surface area contributed by atoms with Gasteiger partial charge >= 0.3 is 0 Å². The fourth-order valence-electron chi connectivity index (χ4n) is 5.44. The molecule has 1 N–H and O–H groups in total. The molecule has 0 spiro atoms. The van der Waals surface area contributed by atoms with Crippen molar-refractivity contribution in [2.45, 2.75) is 25.7 Å². The van der Waals surface area contributed by atoms with Gasteiger partial charge in [0.25, 0.3) is 5.91 Å². The predicted molar refractivity (Wildman–Crippen MR) is 157 cm³/mol. The second-order valence-electron chi connectivity index (χ2n) is 10.6. The molecule has 0 bridgehead atoms. The van der Waals surface area contributed by atoms with Gasteiger partial charge in [-0.2, -0.15) is 0 Å². The van der Waals surface area contributed by atoms with Crippen molar-refractivity contribution in [3.63, 3.8) is 0 Å². The van der Waals surface area contributed by atoms with Gasteiger partial charge in [0.2, 0.25) is 5.91 Å². The number of amides is 2. The number of rotatable bonds is 6. The third kappa shape index (κ3) is 6.97. The summed E-state index contributed by atoms with van der Waals surface area (Å²) in [5.41, 5.74) is 3.14. The molecule has 2 aliphatic heterocycles. The van der Waals surface area contributed by atoms with E-state index in [0.717, 1.165) is 75.5 Å². The average molecular weight is 546 g/mol. The van der Waals surface area contributed by atoms with E-state index >= 15 is 0 Å². The Morgan fingerprint density at radius 2 is 1.72 bits per heavy atom. The minimum atomic E-state index is -0.227. The normalized spacial score (nSPS) is 17.1. The van der Waals surface area contributed by atoms with Gasteiger partial charge in [-0.05, 0) is 68.6 Å². The largest absolute Gasteiger partial charge is 0.355 e. The summed E-state index contributed by atoms with van der Waals surface area (Å²) in [6.45, 7) is 5.25. The molecular formula is C31H36ClN5O2. The van der Waals surface area contributed by atoms with Crippen LogP contribution in [-0.4, -0.2) is 72.9 Å². The Morgan fingerprint density at radius 3 is 2.49 bits per heavy atom. The summed E-state index contributed by atoms with van der Waals surface area (Å²) < 4.78 is 0. The van der Waals surface area contributed by atoms with E-state index < -0.39 is 0 Å². The van der Waals surface area contributed by atoms with Crippen LogP contribution in [0.4, 0.5) is 11.5 Å². The molecule has 3 heterocycles. The standard InChI is InChI=1S/C31H36ClN5O2/c1-35-13-6-14-36(18-17-35)29(38)19-23-11-15-37(16-12-23)30-28(34-31(39)25-9-5-10-27(32)20-25)21-26(22-33-30)24-7-3-2-4-8-24/h2-5,7-10,20-23H,6,11-19H2,1H3,(H,34,39). The number of piperidine rings is 1. The first-order valence-corrected chi connectivity index (χ1v) is 14.2. The Labute approximate surface area is 235 Å². The van der Waals surface area contributed by atoms with Crippen molar-refractivity contribution < 1.29 is 9.59 Å². The molecule has 8 heteroatoms. The van der Waals surface area contributed by atoms with Crippen LogP contribution in [0.15, 0.2) is 66.9 Å². The van der Waals surface area contributed by atoms with Gasteiger partial charge < -0.3 is 20.0 Å². The lowest BCUT2D eigenvalue weighted by Crippen LogP contribution is -2.39. The summed E-state index contributed by atoms with van der Waals surface area (Å²) in [6, 6.07) is 18.9. The molecule has 0 atom stereocenters. The maximum absolute atomic E-state index is 13.2. The van der Waals surface area contributed by atoms with Crippen LogP contribution in [0.3, 0.4) is 0 Å². The average Bonchev–Trinajstić information content (AvgIpc) is 3.18. The van der Waals surface area contributed by atoms with Gasteiger partial charge in [-0.25, -0.2) is 4.98 Å². The van der Waals surface area contributed by atoms with Gasteiger partial charge in [-0.1, -0.05) is 48.0 Å². The lowest BCUT2D eigenvalue weighted by atomic mass is 9.92. The summed E-state index contributed by atoms with van der Waals surface area (Å²) in [5.74, 6) is 1.17. The molecule has 1 aromatic heterocycles. The van der Waals surface area contributed by atoms with Gasteiger partial charge in [0.1, 0.15) is 0 Å². The summed E-state index contributed by atoms with van der Waals surface area (Å²) in [7, 11) is 2.12. The van der Waals surface area contributed by atoms with Crippen LogP contribution in [-0.2, 0) is 4.79 Å². The minimum absolute atomic E-state index is 0.227. The van der Waals surface area contributed by atoms with Crippen LogP contribution in [0.5, 0.6) is 0 Å². The van der Waals surface area contributed by atoms with E-state index in [9.17, 15) is 9.59 Å². The molecule has 0 radical (unpaired) electrons. The zero-order chi connectivity index (χ0) is 27.2. The van der Waals surface area contributed by atoms with Crippen molar-refractivity contribution in [1.82, 2.24) is 14.8 Å². The Morgan fingerprint density at radius 1 is 0.923 bits per heavy atom. The van der Waals surface area contributed by atoms with E-state index in [-0.39, 0.29) is 11.8 Å². The van der Waals surface area contributed by atoms with Crippen molar-refractivity contribution in [3.05, 3.63) is 77.4 Å². The SMILES string of the molecule is CN1CCCN(C(=O)CC2CCN(c3ncc(-c4ccccc4)cc3NC(=O)c3cccc(Cl)c3)CC2)CC1. The number of hydrogen-bond acceptors (Lipinski definition) is 5. The number of carbonyl (C=O) groups excluding carboxylic acids is 2. The highest BCUT2D eigenvalue weighted by Gasteiger charge is 2.27. The minimum Gasteiger partial charge on any atom is -0.355 e. The number of halogens is 1. The molecule has 0 saturated carbocycles. The van der Waals surface area contributed by atoms with E-state index in [1.165, 1.54) is 0 Å². The third-order valence-corrected chi connectivity index (χ3v) is 7.99. The number of pyridine rings is 1. The molecule has 2 saturated heterocycles. The fraction of sp³-hybridized carbons (Fsp3) is 0.387. The Kier molecular flexibility index (Phi) is 8.79. The molecule has 0 aliphatic carbocycles. The maximum Gasteiger partial charge on any atom is 0.255 e. The first kappa shape index (κ1) is 27.2. The Bertz CT molecular complexity index is 1290. The van der Waals surface area contributed by atoms with Crippen LogP contribution < -0.4 is 10.2 Å². The second kappa shape index (κ2) is 12.6. The van der Waals surface area contributed by atoms with Crippen LogP contribution >= 0.6 is 11.6 Å². The predicted octanol–water partition coefficient (Wildman–Crippen LogP) is 5.42. The van der Waals surface area contributed by atoms with Crippen LogP contribution in [0.1, 0.15) is 36.0 Å². The number of carbonyl (C=O) groups is 2. The van der Waals surface area contributed by atoms with E-state index in [0.29, 0.717) is 28.6 Å². The van der Waals surface area contributed by atoms with Crippen LogP contribution in [0, 0.1) is 5.92 Å². The van der Waals surface area contributed by atoms with E-state index in [4.69, 9.17) is 16.6 Å². The molecule has 3 aromatic rings. The van der Waals surface area contributed by atoms with Crippen molar-refractivity contribution in [2.24, 2.45) is 5.92 Å². The van der Waals surface area contributed by atoms with Gasteiger partial charge in [-0.3, -0.25) is 9.59 Å².